The summed E-state index contributed by atoms with van der Waals surface area (Å²) in [7, 11) is 0. The molecule has 10 heavy (non-hydrogen) atoms. The minimum absolute atomic E-state index is 0.362. The summed E-state index contributed by atoms with van der Waals surface area (Å²) in [6.45, 7) is 9.54. The zero-order valence-electron chi connectivity index (χ0n) is 7.60. The van der Waals surface area contributed by atoms with Gasteiger partial charge in [0.1, 0.15) is 0 Å². The highest BCUT2D eigenvalue weighted by atomic mass is 16.3. The van der Waals surface area contributed by atoms with Gasteiger partial charge in [0.15, 0.2) is 0 Å². The van der Waals surface area contributed by atoms with Crippen LogP contribution in [0.2, 0.25) is 0 Å². The van der Waals surface area contributed by atoms with Gasteiger partial charge in [-0.15, -0.1) is 0 Å². The third kappa shape index (κ3) is 10.3. The smallest absolute Gasteiger partial charge is 0.0894 e. The molecule has 0 spiro atoms. The van der Waals surface area contributed by atoms with Crippen LogP contribution in [0.15, 0.2) is 23.5 Å². The summed E-state index contributed by atoms with van der Waals surface area (Å²) in [4.78, 5) is 0. The van der Waals surface area contributed by atoms with Gasteiger partial charge in [-0.2, -0.15) is 0 Å². The lowest BCUT2D eigenvalue weighted by Crippen LogP contribution is -1.71. The molecule has 0 atom stereocenters. The predicted molar refractivity (Wildman–Crippen MR) is 47.2 cm³/mol. The van der Waals surface area contributed by atoms with Crippen LogP contribution >= 0.6 is 0 Å². The summed E-state index contributed by atoms with van der Waals surface area (Å²) in [5.74, 6) is 0.362. The van der Waals surface area contributed by atoms with Crippen LogP contribution in [-0.2, 0) is 0 Å². The molecule has 0 saturated heterocycles. The SMILES string of the molecule is C/C=C(C)\C=C(/C)O.CC. The van der Waals surface area contributed by atoms with Crippen molar-refractivity contribution in [2.75, 3.05) is 0 Å². The van der Waals surface area contributed by atoms with E-state index in [2.05, 4.69) is 0 Å². The number of aliphatic hydroxyl groups is 1. The standard InChI is InChI=1S/C7H12O.C2H6/c1-4-6(2)5-7(3)8;1-2/h4-5,8H,1-3H3;1-2H3/b6-4-,7-5+;. The van der Waals surface area contributed by atoms with Crippen LogP contribution in [0.3, 0.4) is 0 Å². The first-order valence-electron chi connectivity index (χ1n) is 3.67. The number of aliphatic hydroxyl groups excluding tert-OH is 1. The molecular formula is C9H18O. The maximum Gasteiger partial charge on any atom is 0.0894 e. The van der Waals surface area contributed by atoms with Crippen molar-refractivity contribution in [1.29, 1.82) is 0 Å². The maximum atomic E-state index is 8.67. The van der Waals surface area contributed by atoms with Crippen LogP contribution in [0.1, 0.15) is 34.6 Å². The molecule has 0 bridgehead atoms. The van der Waals surface area contributed by atoms with Crippen LogP contribution in [0.5, 0.6) is 0 Å². The first-order valence-corrected chi connectivity index (χ1v) is 3.67. The third-order valence-electron chi connectivity index (χ3n) is 0.892. The van der Waals surface area contributed by atoms with E-state index in [-0.39, 0.29) is 0 Å². The Labute approximate surface area is 64.1 Å². The van der Waals surface area contributed by atoms with Gasteiger partial charge in [-0.1, -0.05) is 25.5 Å². The number of hydrogen-bond donors (Lipinski definition) is 1. The van der Waals surface area contributed by atoms with Gasteiger partial charge in [0.2, 0.25) is 0 Å². The van der Waals surface area contributed by atoms with E-state index in [9.17, 15) is 0 Å². The molecule has 0 unspecified atom stereocenters. The van der Waals surface area contributed by atoms with Crippen LogP contribution in [-0.4, -0.2) is 5.11 Å². The van der Waals surface area contributed by atoms with E-state index >= 15 is 0 Å². The summed E-state index contributed by atoms with van der Waals surface area (Å²) in [5.41, 5.74) is 1.09. The molecule has 1 N–H and O–H groups in total. The van der Waals surface area contributed by atoms with Gasteiger partial charge in [0.25, 0.3) is 0 Å². The van der Waals surface area contributed by atoms with Crippen molar-refractivity contribution in [3.63, 3.8) is 0 Å². The minimum Gasteiger partial charge on any atom is -0.513 e. The minimum atomic E-state index is 0.362. The Kier molecular flexibility index (Phi) is 9.94. The summed E-state index contributed by atoms with van der Waals surface area (Å²) in [6, 6.07) is 0. The molecule has 0 aliphatic rings. The van der Waals surface area contributed by atoms with E-state index in [0.717, 1.165) is 5.57 Å². The molecule has 0 aromatic rings. The van der Waals surface area contributed by atoms with Gasteiger partial charge in [0.05, 0.1) is 5.76 Å². The molecule has 60 valence electrons. The second-order valence-electron chi connectivity index (χ2n) is 1.82. The van der Waals surface area contributed by atoms with Gasteiger partial charge in [-0.05, 0) is 26.8 Å². The highest BCUT2D eigenvalue weighted by molar-refractivity contribution is 5.16. The summed E-state index contributed by atoms with van der Waals surface area (Å²) in [6.07, 6.45) is 3.67. The largest absolute Gasteiger partial charge is 0.513 e. The Balaban J connectivity index is 0. The van der Waals surface area contributed by atoms with E-state index in [1.165, 1.54) is 0 Å². The number of allylic oxidation sites excluding steroid dienone is 4. The Morgan fingerprint density at radius 2 is 1.60 bits per heavy atom. The van der Waals surface area contributed by atoms with E-state index in [1.54, 1.807) is 13.0 Å². The van der Waals surface area contributed by atoms with Crippen molar-refractivity contribution in [1.82, 2.24) is 0 Å². The van der Waals surface area contributed by atoms with Crippen LogP contribution < -0.4 is 0 Å². The first-order chi connectivity index (χ1) is 4.66. The molecule has 0 aliphatic carbocycles. The molecule has 0 amide bonds. The molecule has 0 aromatic carbocycles. The van der Waals surface area contributed by atoms with Crippen molar-refractivity contribution in [2.24, 2.45) is 0 Å². The van der Waals surface area contributed by atoms with Gasteiger partial charge in [0, 0.05) is 0 Å². The normalized spacial score (nSPS) is 12.1. The summed E-state index contributed by atoms with van der Waals surface area (Å²) in [5, 5.41) is 8.67. The van der Waals surface area contributed by atoms with Crippen molar-refractivity contribution in [3.05, 3.63) is 23.5 Å². The highest BCUT2D eigenvalue weighted by Crippen LogP contribution is 1.96. The van der Waals surface area contributed by atoms with Crippen LogP contribution in [0.25, 0.3) is 0 Å². The summed E-state index contributed by atoms with van der Waals surface area (Å²) < 4.78 is 0. The predicted octanol–water partition coefficient (Wildman–Crippen LogP) is 3.44. The first kappa shape index (κ1) is 12.0. The molecular weight excluding hydrogens is 124 g/mol. The molecule has 0 saturated carbocycles. The fourth-order valence-corrected chi connectivity index (χ4v) is 0.413. The van der Waals surface area contributed by atoms with Crippen LogP contribution in [0.4, 0.5) is 0 Å². The lowest BCUT2D eigenvalue weighted by atomic mass is 10.2. The van der Waals surface area contributed by atoms with Gasteiger partial charge in [-0.25, -0.2) is 0 Å². The average molecular weight is 142 g/mol. The summed E-state index contributed by atoms with van der Waals surface area (Å²) >= 11 is 0. The molecule has 0 fully saturated rings. The number of rotatable bonds is 1. The van der Waals surface area contributed by atoms with Gasteiger partial charge < -0.3 is 5.11 Å². The van der Waals surface area contributed by atoms with E-state index < -0.39 is 0 Å². The second-order valence-corrected chi connectivity index (χ2v) is 1.82. The molecule has 0 aliphatic heterocycles. The van der Waals surface area contributed by atoms with Crippen LogP contribution in [0, 0.1) is 0 Å². The lowest BCUT2D eigenvalue weighted by Gasteiger charge is -1.88. The van der Waals surface area contributed by atoms with Crippen molar-refractivity contribution >= 4 is 0 Å². The monoisotopic (exact) mass is 142 g/mol. The number of hydrogen-bond acceptors (Lipinski definition) is 1. The van der Waals surface area contributed by atoms with E-state index in [0.29, 0.717) is 5.76 Å². The topological polar surface area (TPSA) is 20.2 Å². The zero-order valence-corrected chi connectivity index (χ0v) is 7.60. The highest BCUT2D eigenvalue weighted by Gasteiger charge is 1.79. The lowest BCUT2D eigenvalue weighted by molar-refractivity contribution is 0.414. The molecule has 0 radical (unpaired) electrons. The van der Waals surface area contributed by atoms with Crippen molar-refractivity contribution in [2.45, 2.75) is 34.6 Å². The Morgan fingerprint density at radius 1 is 1.20 bits per heavy atom. The van der Waals surface area contributed by atoms with E-state index in [1.807, 2.05) is 33.8 Å². The average Bonchev–Trinajstić information content (AvgIpc) is 1.91. The second kappa shape index (κ2) is 8.28. The van der Waals surface area contributed by atoms with Gasteiger partial charge in [-0.3, -0.25) is 0 Å². The Morgan fingerprint density at radius 3 is 1.70 bits per heavy atom. The Bertz CT molecular complexity index is 117. The molecule has 1 nitrogen and oxygen atoms in total. The van der Waals surface area contributed by atoms with Gasteiger partial charge >= 0.3 is 0 Å². The van der Waals surface area contributed by atoms with E-state index in [4.69, 9.17) is 5.11 Å². The maximum absolute atomic E-state index is 8.67. The molecule has 1 heteroatoms. The quantitative estimate of drug-likeness (QED) is 0.439. The fourth-order valence-electron chi connectivity index (χ4n) is 0.413. The van der Waals surface area contributed by atoms with Crippen molar-refractivity contribution < 1.29 is 5.11 Å². The third-order valence-corrected chi connectivity index (χ3v) is 0.892. The molecule has 0 heterocycles. The fraction of sp³-hybridized carbons (Fsp3) is 0.556. The molecule has 0 rings (SSSR count). The molecule has 0 aromatic heterocycles. The Hall–Kier alpha value is -0.720. The zero-order chi connectivity index (χ0) is 8.57. The van der Waals surface area contributed by atoms with Crippen molar-refractivity contribution in [3.8, 4) is 0 Å².